The molecule has 1 aromatic carbocycles. The molecule has 2 atom stereocenters. The molecule has 0 spiro atoms. The minimum atomic E-state index is 0.150. The first-order valence-corrected chi connectivity index (χ1v) is 6.68. The van der Waals surface area contributed by atoms with E-state index in [1.165, 1.54) is 6.42 Å². The van der Waals surface area contributed by atoms with Gasteiger partial charge in [0.15, 0.2) is 0 Å². The Hall–Kier alpha value is -1.35. The highest BCUT2D eigenvalue weighted by atomic mass is 16.2. The summed E-state index contributed by atoms with van der Waals surface area (Å²) in [6.07, 6.45) is 1.22. The van der Waals surface area contributed by atoms with Crippen molar-refractivity contribution in [2.75, 3.05) is 13.1 Å². The van der Waals surface area contributed by atoms with E-state index in [2.05, 4.69) is 13.8 Å². The van der Waals surface area contributed by atoms with Gasteiger partial charge in [0.1, 0.15) is 0 Å². The van der Waals surface area contributed by atoms with Crippen molar-refractivity contribution in [1.82, 2.24) is 4.90 Å². The summed E-state index contributed by atoms with van der Waals surface area (Å²) in [6.45, 7) is 6.71. The molecule has 3 heteroatoms. The molecule has 0 radical (unpaired) electrons. The largest absolute Gasteiger partial charge is 0.338 e. The molecule has 0 unspecified atom stereocenters. The van der Waals surface area contributed by atoms with Gasteiger partial charge in [0.05, 0.1) is 0 Å². The minimum absolute atomic E-state index is 0.150. The zero-order chi connectivity index (χ0) is 13.1. The highest BCUT2D eigenvalue weighted by Gasteiger charge is 2.25. The smallest absolute Gasteiger partial charge is 0.253 e. The van der Waals surface area contributed by atoms with Crippen LogP contribution in [0.4, 0.5) is 0 Å². The molecule has 0 aromatic heterocycles. The van der Waals surface area contributed by atoms with Crippen molar-refractivity contribution in [2.24, 2.45) is 17.6 Å². The lowest BCUT2D eigenvalue weighted by atomic mass is 9.91. The number of likely N-dealkylation sites (tertiary alicyclic amines) is 1. The average molecular weight is 246 g/mol. The third-order valence-corrected chi connectivity index (χ3v) is 3.59. The number of rotatable bonds is 2. The van der Waals surface area contributed by atoms with Crippen LogP contribution in [0.25, 0.3) is 0 Å². The van der Waals surface area contributed by atoms with Gasteiger partial charge in [-0.05, 0) is 36.0 Å². The predicted molar refractivity (Wildman–Crippen MR) is 73.2 cm³/mol. The SMILES string of the molecule is C[C@H]1C[C@H](C)CN(C(=O)c2ccc(CN)cc2)C1. The Morgan fingerprint density at radius 3 is 2.28 bits per heavy atom. The topological polar surface area (TPSA) is 46.3 Å². The number of carbonyl (C=O) groups excluding carboxylic acids is 1. The van der Waals surface area contributed by atoms with Crippen LogP contribution < -0.4 is 5.73 Å². The predicted octanol–water partition coefficient (Wildman–Crippen LogP) is 2.26. The van der Waals surface area contributed by atoms with Gasteiger partial charge in [-0.15, -0.1) is 0 Å². The zero-order valence-corrected chi connectivity index (χ0v) is 11.2. The van der Waals surface area contributed by atoms with Crippen molar-refractivity contribution < 1.29 is 4.79 Å². The molecular weight excluding hydrogens is 224 g/mol. The zero-order valence-electron chi connectivity index (χ0n) is 11.2. The van der Waals surface area contributed by atoms with E-state index in [1.54, 1.807) is 0 Å². The normalized spacial score (nSPS) is 24.1. The lowest BCUT2D eigenvalue weighted by molar-refractivity contribution is 0.0623. The fourth-order valence-corrected chi connectivity index (χ4v) is 2.79. The number of carbonyl (C=O) groups is 1. The highest BCUT2D eigenvalue weighted by molar-refractivity contribution is 5.94. The first-order valence-electron chi connectivity index (χ1n) is 6.68. The molecule has 1 aliphatic heterocycles. The number of benzene rings is 1. The fraction of sp³-hybridized carbons (Fsp3) is 0.533. The van der Waals surface area contributed by atoms with Crippen LogP contribution in [0.3, 0.4) is 0 Å². The summed E-state index contributed by atoms with van der Waals surface area (Å²) in [5.41, 5.74) is 7.39. The minimum Gasteiger partial charge on any atom is -0.338 e. The number of hydrogen-bond donors (Lipinski definition) is 1. The van der Waals surface area contributed by atoms with Crippen molar-refractivity contribution in [3.05, 3.63) is 35.4 Å². The monoisotopic (exact) mass is 246 g/mol. The summed E-state index contributed by atoms with van der Waals surface area (Å²) in [6, 6.07) is 7.64. The van der Waals surface area contributed by atoms with Crippen molar-refractivity contribution in [1.29, 1.82) is 0 Å². The summed E-state index contributed by atoms with van der Waals surface area (Å²) in [5, 5.41) is 0. The number of amides is 1. The van der Waals surface area contributed by atoms with Gasteiger partial charge in [0.25, 0.3) is 5.91 Å². The van der Waals surface area contributed by atoms with E-state index in [-0.39, 0.29) is 5.91 Å². The Morgan fingerprint density at radius 1 is 1.22 bits per heavy atom. The summed E-state index contributed by atoms with van der Waals surface area (Å²) in [5.74, 6) is 1.35. The van der Waals surface area contributed by atoms with E-state index in [4.69, 9.17) is 5.73 Å². The Morgan fingerprint density at radius 2 is 1.78 bits per heavy atom. The van der Waals surface area contributed by atoms with Crippen molar-refractivity contribution >= 4 is 5.91 Å². The van der Waals surface area contributed by atoms with E-state index in [1.807, 2.05) is 29.2 Å². The molecule has 1 aromatic rings. The van der Waals surface area contributed by atoms with Gasteiger partial charge >= 0.3 is 0 Å². The van der Waals surface area contributed by atoms with Gasteiger partial charge in [-0.25, -0.2) is 0 Å². The lowest BCUT2D eigenvalue weighted by Gasteiger charge is -2.35. The first-order chi connectivity index (χ1) is 8.60. The van der Waals surface area contributed by atoms with Gasteiger partial charge in [-0.1, -0.05) is 26.0 Å². The average Bonchev–Trinajstić information content (AvgIpc) is 2.37. The van der Waals surface area contributed by atoms with Crippen molar-refractivity contribution in [3.8, 4) is 0 Å². The second kappa shape index (κ2) is 5.53. The van der Waals surface area contributed by atoms with E-state index in [9.17, 15) is 4.79 Å². The quantitative estimate of drug-likeness (QED) is 0.870. The molecule has 0 bridgehead atoms. The molecule has 1 fully saturated rings. The van der Waals surface area contributed by atoms with Crippen LogP contribution in [0.1, 0.15) is 36.2 Å². The maximum Gasteiger partial charge on any atom is 0.253 e. The van der Waals surface area contributed by atoms with Gasteiger partial charge in [-0.2, -0.15) is 0 Å². The Kier molecular flexibility index (Phi) is 4.02. The van der Waals surface area contributed by atoms with Crippen LogP contribution in [0.5, 0.6) is 0 Å². The number of piperidine rings is 1. The maximum atomic E-state index is 12.4. The highest BCUT2D eigenvalue weighted by Crippen LogP contribution is 2.22. The Labute approximate surface area is 109 Å². The standard InChI is InChI=1S/C15H22N2O/c1-11-7-12(2)10-17(9-11)15(18)14-5-3-13(8-16)4-6-14/h3-6,11-12H,7-10,16H2,1-2H3/t11-,12-/m0/s1. The maximum absolute atomic E-state index is 12.4. The summed E-state index contributed by atoms with van der Waals surface area (Å²) < 4.78 is 0. The molecule has 1 amide bonds. The molecular formula is C15H22N2O. The van der Waals surface area contributed by atoms with Crippen LogP contribution in [-0.4, -0.2) is 23.9 Å². The molecule has 98 valence electrons. The van der Waals surface area contributed by atoms with Crippen LogP contribution in [0.2, 0.25) is 0 Å². The third-order valence-electron chi connectivity index (χ3n) is 3.59. The number of nitrogens with zero attached hydrogens (tertiary/aromatic N) is 1. The van der Waals surface area contributed by atoms with Crippen molar-refractivity contribution in [3.63, 3.8) is 0 Å². The van der Waals surface area contributed by atoms with Crippen LogP contribution in [0, 0.1) is 11.8 Å². The Bertz CT molecular complexity index is 403. The second-order valence-corrected chi connectivity index (χ2v) is 5.56. The van der Waals surface area contributed by atoms with Crippen LogP contribution in [-0.2, 0) is 6.54 Å². The van der Waals surface area contributed by atoms with E-state index in [0.29, 0.717) is 18.4 Å². The van der Waals surface area contributed by atoms with E-state index >= 15 is 0 Å². The molecule has 1 aliphatic rings. The molecule has 1 saturated heterocycles. The number of nitrogens with two attached hydrogens (primary N) is 1. The van der Waals surface area contributed by atoms with E-state index in [0.717, 1.165) is 24.2 Å². The van der Waals surface area contributed by atoms with E-state index < -0.39 is 0 Å². The summed E-state index contributed by atoms with van der Waals surface area (Å²) in [7, 11) is 0. The molecule has 1 heterocycles. The summed E-state index contributed by atoms with van der Waals surface area (Å²) in [4.78, 5) is 14.4. The van der Waals surface area contributed by atoms with Crippen molar-refractivity contribution in [2.45, 2.75) is 26.8 Å². The molecule has 0 aliphatic carbocycles. The molecule has 2 rings (SSSR count). The molecule has 18 heavy (non-hydrogen) atoms. The molecule has 2 N–H and O–H groups in total. The number of hydrogen-bond acceptors (Lipinski definition) is 2. The third kappa shape index (κ3) is 2.91. The van der Waals surface area contributed by atoms with Crippen LogP contribution in [0.15, 0.2) is 24.3 Å². The lowest BCUT2D eigenvalue weighted by Crippen LogP contribution is -2.42. The van der Waals surface area contributed by atoms with Gasteiger partial charge in [0, 0.05) is 25.2 Å². The summed E-state index contributed by atoms with van der Waals surface area (Å²) >= 11 is 0. The first kappa shape index (κ1) is 13.1. The van der Waals surface area contributed by atoms with Gasteiger partial charge in [0.2, 0.25) is 0 Å². The molecule has 0 saturated carbocycles. The van der Waals surface area contributed by atoms with Gasteiger partial charge < -0.3 is 10.6 Å². The Balaban J connectivity index is 2.09. The molecule has 3 nitrogen and oxygen atoms in total. The van der Waals surface area contributed by atoms with Gasteiger partial charge in [-0.3, -0.25) is 4.79 Å². The van der Waals surface area contributed by atoms with Crippen LogP contribution >= 0.6 is 0 Å². The second-order valence-electron chi connectivity index (χ2n) is 5.56. The fourth-order valence-electron chi connectivity index (χ4n) is 2.79.